The van der Waals surface area contributed by atoms with Gasteiger partial charge in [-0.1, -0.05) is 59.7 Å². The van der Waals surface area contributed by atoms with Gasteiger partial charge in [0.25, 0.3) is 0 Å². The quantitative estimate of drug-likeness (QED) is 0.677. The molecule has 24 heavy (non-hydrogen) atoms. The lowest BCUT2D eigenvalue weighted by Gasteiger charge is -2.28. The maximum Gasteiger partial charge on any atom is 0.123 e. The highest BCUT2D eigenvalue weighted by Crippen LogP contribution is 2.41. The highest BCUT2D eigenvalue weighted by molar-refractivity contribution is 5.67. The standard InChI is InChI=1S/C21H29NO2/c1-20(2,3)16-11-15(12-17(19(16)24)21(4,5)6)22-18-10-8-7-9-14(18)13-23/h7-12,22-24H,13H2,1-6H3. The maximum atomic E-state index is 10.8. The Labute approximate surface area is 145 Å². The molecule has 3 N–H and O–H groups in total. The summed E-state index contributed by atoms with van der Waals surface area (Å²) in [7, 11) is 0. The van der Waals surface area contributed by atoms with E-state index in [0.29, 0.717) is 5.75 Å². The maximum absolute atomic E-state index is 10.8. The van der Waals surface area contributed by atoms with Crippen molar-refractivity contribution in [3.05, 3.63) is 53.1 Å². The third kappa shape index (κ3) is 3.90. The van der Waals surface area contributed by atoms with E-state index >= 15 is 0 Å². The van der Waals surface area contributed by atoms with Crippen LogP contribution in [0.25, 0.3) is 0 Å². The second kappa shape index (κ2) is 6.48. The molecule has 2 aromatic carbocycles. The molecule has 0 fully saturated rings. The van der Waals surface area contributed by atoms with E-state index < -0.39 is 0 Å². The summed E-state index contributed by atoms with van der Waals surface area (Å²) >= 11 is 0. The predicted molar refractivity (Wildman–Crippen MR) is 101 cm³/mol. The lowest BCUT2D eigenvalue weighted by Crippen LogP contribution is -2.17. The van der Waals surface area contributed by atoms with Crippen molar-refractivity contribution in [1.29, 1.82) is 0 Å². The van der Waals surface area contributed by atoms with Crippen LogP contribution in [-0.4, -0.2) is 10.2 Å². The number of para-hydroxylation sites is 1. The number of hydrogen-bond donors (Lipinski definition) is 3. The summed E-state index contributed by atoms with van der Waals surface area (Å²) in [6.45, 7) is 12.6. The molecular formula is C21H29NO2. The number of hydrogen-bond acceptors (Lipinski definition) is 3. The smallest absolute Gasteiger partial charge is 0.123 e. The van der Waals surface area contributed by atoms with Gasteiger partial charge in [0.05, 0.1) is 6.61 Å². The molecule has 0 amide bonds. The largest absolute Gasteiger partial charge is 0.507 e. The van der Waals surface area contributed by atoms with Crippen LogP contribution in [0.1, 0.15) is 58.2 Å². The van der Waals surface area contributed by atoms with Gasteiger partial charge in [-0.25, -0.2) is 0 Å². The number of phenols is 1. The number of aliphatic hydroxyl groups excluding tert-OH is 1. The molecule has 0 radical (unpaired) electrons. The average Bonchev–Trinajstić information content (AvgIpc) is 2.47. The number of benzene rings is 2. The monoisotopic (exact) mass is 327 g/mol. The minimum absolute atomic E-state index is 0.0144. The number of rotatable bonds is 3. The zero-order valence-electron chi connectivity index (χ0n) is 15.6. The lowest BCUT2D eigenvalue weighted by molar-refractivity contribution is 0.282. The van der Waals surface area contributed by atoms with Crippen molar-refractivity contribution in [1.82, 2.24) is 0 Å². The highest BCUT2D eigenvalue weighted by atomic mass is 16.3. The summed E-state index contributed by atoms with van der Waals surface area (Å²) in [5.74, 6) is 0.371. The molecule has 0 unspecified atom stereocenters. The Morgan fingerprint density at radius 1 is 0.875 bits per heavy atom. The topological polar surface area (TPSA) is 52.5 Å². The minimum atomic E-state index is -0.168. The molecule has 0 aromatic heterocycles. The Bertz CT molecular complexity index is 686. The van der Waals surface area contributed by atoms with Gasteiger partial charge in [0.1, 0.15) is 5.75 Å². The van der Waals surface area contributed by atoms with Crippen LogP contribution in [0, 0.1) is 0 Å². The van der Waals surface area contributed by atoms with E-state index in [1.165, 1.54) is 0 Å². The molecule has 0 atom stereocenters. The summed E-state index contributed by atoms with van der Waals surface area (Å²) in [6.07, 6.45) is 0. The Morgan fingerprint density at radius 3 is 1.83 bits per heavy atom. The van der Waals surface area contributed by atoms with Crippen molar-refractivity contribution < 1.29 is 10.2 Å². The SMILES string of the molecule is CC(C)(C)c1cc(Nc2ccccc2CO)cc(C(C)(C)C)c1O. The molecule has 3 nitrogen and oxygen atoms in total. The average molecular weight is 327 g/mol. The number of anilines is 2. The van der Waals surface area contributed by atoms with Crippen molar-refractivity contribution in [3.63, 3.8) is 0 Å². The second-order valence-electron chi connectivity index (χ2n) is 8.36. The van der Waals surface area contributed by atoms with Crippen molar-refractivity contribution in [2.45, 2.75) is 59.0 Å². The van der Waals surface area contributed by atoms with E-state index in [-0.39, 0.29) is 17.4 Å². The molecule has 2 aromatic rings. The van der Waals surface area contributed by atoms with Gasteiger partial charge in [-0.3, -0.25) is 0 Å². The van der Waals surface area contributed by atoms with E-state index in [0.717, 1.165) is 28.1 Å². The molecule has 0 bridgehead atoms. The van der Waals surface area contributed by atoms with Crippen molar-refractivity contribution >= 4 is 11.4 Å². The van der Waals surface area contributed by atoms with E-state index in [2.05, 4.69) is 46.9 Å². The Morgan fingerprint density at radius 2 is 1.38 bits per heavy atom. The van der Waals surface area contributed by atoms with Gasteiger partial charge in [-0.05, 0) is 29.0 Å². The van der Waals surface area contributed by atoms with E-state index in [1.54, 1.807) is 0 Å². The van der Waals surface area contributed by atoms with Gasteiger partial charge in [0.2, 0.25) is 0 Å². The normalized spacial score (nSPS) is 12.3. The third-order valence-corrected chi connectivity index (χ3v) is 4.19. The summed E-state index contributed by atoms with van der Waals surface area (Å²) in [5.41, 5.74) is 4.14. The number of aromatic hydroxyl groups is 1. The Kier molecular flexibility index (Phi) is 4.95. The molecule has 2 rings (SSSR count). The Hall–Kier alpha value is -2.00. The molecule has 0 heterocycles. The van der Waals surface area contributed by atoms with Crippen molar-refractivity contribution in [2.24, 2.45) is 0 Å². The van der Waals surface area contributed by atoms with Gasteiger partial charge in [0, 0.05) is 28.1 Å². The summed E-state index contributed by atoms with van der Waals surface area (Å²) in [4.78, 5) is 0. The first-order valence-corrected chi connectivity index (χ1v) is 8.38. The van der Waals surface area contributed by atoms with Gasteiger partial charge in [-0.2, -0.15) is 0 Å². The molecule has 3 heteroatoms. The molecule has 0 aliphatic carbocycles. The Balaban J connectivity index is 2.58. The first kappa shape index (κ1) is 18.3. The van der Waals surface area contributed by atoms with Crippen LogP contribution < -0.4 is 5.32 Å². The fraction of sp³-hybridized carbons (Fsp3) is 0.429. The van der Waals surface area contributed by atoms with Crippen LogP contribution in [0.4, 0.5) is 11.4 Å². The number of aliphatic hydroxyl groups is 1. The van der Waals surface area contributed by atoms with Crippen LogP contribution in [-0.2, 0) is 17.4 Å². The van der Waals surface area contributed by atoms with Gasteiger partial charge >= 0.3 is 0 Å². The molecule has 0 saturated carbocycles. The van der Waals surface area contributed by atoms with Crippen LogP contribution in [0.15, 0.2) is 36.4 Å². The molecule has 130 valence electrons. The fourth-order valence-electron chi connectivity index (χ4n) is 2.79. The third-order valence-electron chi connectivity index (χ3n) is 4.19. The van der Waals surface area contributed by atoms with Gasteiger partial charge in [-0.15, -0.1) is 0 Å². The van der Waals surface area contributed by atoms with E-state index in [1.807, 2.05) is 36.4 Å². The van der Waals surface area contributed by atoms with E-state index in [4.69, 9.17) is 0 Å². The molecule has 0 aliphatic rings. The van der Waals surface area contributed by atoms with Crippen LogP contribution in [0.2, 0.25) is 0 Å². The summed E-state index contributed by atoms with van der Waals surface area (Å²) in [5, 5.41) is 23.7. The van der Waals surface area contributed by atoms with Crippen LogP contribution in [0.5, 0.6) is 5.75 Å². The predicted octanol–water partition coefficient (Wildman–Crippen LogP) is 5.22. The van der Waals surface area contributed by atoms with Gasteiger partial charge < -0.3 is 15.5 Å². The fourth-order valence-corrected chi connectivity index (χ4v) is 2.79. The first-order valence-electron chi connectivity index (χ1n) is 8.38. The van der Waals surface area contributed by atoms with Crippen LogP contribution >= 0.6 is 0 Å². The lowest BCUT2D eigenvalue weighted by atomic mass is 9.79. The summed E-state index contributed by atoms with van der Waals surface area (Å²) < 4.78 is 0. The van der Waals surface area contributed by atoms with Crippen molar-refractivity contribution in [3.8, 4) is 5.75 Å². The highest BCUT2D eigenvalue weighted by Gasteiger charge is 2.26. The molecule has 0 aliphatic heterocycles. The van der Waals surface area contributed by atoms with Crippen molar-refractivity contribution in [2.75, 3.05) is 5.32 Å². The summed E-state index contributed by atoms with van der Waals surface area (Å²) in [6, 6.07) is 11.7. The number of nitrogens with one attached hydrogen (secondary N) is 1. The zero-order valence-corrected chi connectivity index (χ0v) is 15.6. The van der Waals surface area contributed by atoms with Gasteiger partial charge in [0.15, 0.2) is 0 Å². The molecule has 0 spiro atoms. The second-order valence-corrected chi connectivity index (χ2v) is 8.36. The van der Waals surface area contributed by atoms with E-state index in [9.17, 15) is 10.2 Å². The zero-order chi connectivity index (χ0) is 18.1. The minimum Gasteiger partial charge on any atom is -0.507 e. The molecule has 0 saturated heterocycles. The number of phenolic OH excluding ortho intramolecular Hbond substituents is 1. The van der Waals surface area contributed by atoms with Crippen LogP contribution in [0.3, 0.4) is 0 Å². The first-order chi connectivity index (χ1) is 11.0. The molecular weight excluding hydrogens is 298 g/mol.